The van der Waals surface area contributed by atoms with Gasteiger partial charge in [0.25, 0.3) is 5.91 Å². The highest BCUT2D eigenvalue weighted by molar-refractivity contribution is 6.07. The smallest absolute Gasteiger partial charge is 0.325 e. The number of imide groups is 1. The van der Waals surface area contributed by atoms with Gasteiger partial charge in [0, 0.05) is 25.6 Å². The van der Waals surface area contributed by atoms with E-state index in [0.717, 1.165) is 31.2 Å². The van der Waals surface area contributed by atoms with E-state index in [1.165, 1.54) is 4.90 Å². The fourth-order valence-corrected chi connectivity index (χ4v) is 4.21. The van der Waals surface area contributed by atoms with E-state index >= 15 is 0 Å². The van der Waals surface area contributed by atoms with Crippen LogP contribution in [0.3, 0.4) is 0 Å². The number of urea groups is 1. The van der Waals surface area contributed by atoms with Gasteiger partial charge >= 0.3 is 6.03 Å². The highest BCUT2D eigenvalue weighted by Gasteiger charge is 2.51. The van der Waals surface area contributed by atoms with Gasteiger partial charge in [0.2, 0.25) is 5.91 Å². The van der Waals surface area contributed by atoms with Crippen LogP contribution in [-0.4, -0.2) is 45.8 Å². The van der Waals surface area contributed by atoms with E-state index < -0.39 is 5.54 Å². The fourth-order valence-electron chi connectivity index (χ4n) is 4.21. The van der Waals surface area contributed by atoms with Crippen molar-refractivity contribution in [1.29, 1.82) is 0 Å². The van der Waals surface area contributed by atoms with Crippen molar-refractivity contribution in [3.63, 3.8) is 0 Å². The summed E-state index contributed by atoms with van der Waals surface area (Å²) >= 11 is 0. The van der Waals surface area contributed by atoms with Crippen molar-refractivity contribution in [3.05, 3.63) is 35.9 Å². The predicted octanol–water partition coefficient (Wildman–Crippen LogP) is 3.46. The molecule has 6 nitrogen and oxygen atoms in total. The molecular weight excluding hydrogens is 354 g/mol. The Hall–Kier alpha value is -2.37. The third-order valence-electron chi connectivity index (χ3n) is 6.14. The van der Waals surface area contributed by atoms with E-state index in [2.05, 4.69) is 12.2 Å². The molecule has 1 aromatic rings. The fraction of sp³-hybridized carbons (Fsp3) is 0.591. The Kier molecular flexibility index (Phi) is 6.37. The molecule has 1 N–H and O–H groups in total. The lowest BCUT2D eigenvalue weighted by molar-refractivity contribution is -0.135. The molecule has 6 heteroatoms. The van der Waals surface area contributed by atoms with E-state index in [9.17, 15) is 14.4 Å². The van der Waals surface area contributed by atoms with Crippen molar-refractivity contribution >= 4 is 17.8 Å². The minimum Gasteiger partial charge on any atom is -0.336 e. The number of benzene rings is 1. The number of amides is 4. The Morgan fingerprint density at radius 3 is 2.50 bits per heavy atom. The maximum Gasteiger partial charge on any atom is 0.325 e. The van der Waals surface area contributed by atoms with Gasteiger partial charge in [0.1, 0.15) is 5.54 Å². The van der Waals surface area contributed by atoms with E-state index in [1.54, 1.807) is 0 Å². The lowest BCUT2D eigenvalue weighted by Gasteiger charge is -2.31. The summed E-state index contributed by atoms with van der Waals surface area (Å²) in [6.07, 6.45) is 5.43. The number of nitrogens with zero attached hydrogens (tertiary/aromatic N) is 2. The SMILES string of the molecule is CCC(C)N(Cc1ccccc1)C(=O)CCN1C(=O)NC2(CCCCC2)C1=O. The summed E-state index contributed by atoms with van der Waals surface area (Å²) in [5.41, 5.74) is 0.353. The van der Waals surface area contributed by atoms with Crippen LogP contribution in [0, 0.1) is 0 Å². The van der Waals surface area contributed by atoms with Crippen molar-refractivity contribution in [2.45, 2.75) is 76.9 Å². The molecule has 152 valence electrons. The molecule has 1 atom stereocenters. The monoisotopic (exact) mass is 385 g/mol. The molecule has 0 radical (unpaired) electrons. The average molecular weight is 386 g/mol. The van der Waals surface area contributed by atoms with Crippen LogP contribution in [0.4, 0.5) is 4.79 Å². The van der Waals surface area contributed by atoms with Crippen molar-refractivity contribution in [3.8, 4) is 0 Å². The standard InChI is InChI=1S/C22H31N3O3/c1-3-17(2)25(16-18-10-6-4-7-11-18)19(26)12-15-24-20(27)22(23-21(24)28)13-8-5-9-14-22/h4,6-7,10-11,17H,3,5,8-9,12-16H2,1-2H3,(H,23,28). The lowest BCUT2D eigenvalue weighted by Crippen LogP contribution is -2.48. The Morgan fingerprint density at radius 2 is 1.86 bits per heavy atom. The maximum atomic E-state index is 12.9. The molecule has 0 aromatic heterocycles. The summed E-state index contributed by atoms with van der Waals surface area (Å²) in [5.74, 6) is -0.174. The largest absolute Gasteiger partial charge is 0.336 e. The number of hydrogen-bond donors (Lipinski definition) is 1. The van der Waals surface area contributed by atoms with Crippen LogP contribution >= 0.6 is 0 Å². The minimum atomic E-state index is -0.723. The first-order valence-corrected chi connectivity index (χ1v) is 10.4. The van der Waals surface area contributed by atoms with Gasteiger partial charge < -0.3 is 10.2 Å². The summed E-state index contributed by atoms with van der Waals surface area (Å²) < 4.78 is 0. The molecule has 1 aliphatic carbocycles. The van der Waals surface area contributed by atoms with Crippen LogP contribution < -0.4 is 5.32 Å². The van der Waals surface area contributed by atoms with E-state index in [-0.39, 0.29) is 36.9 Å². The average Bonchev–Trinajstić information content (AvgIpc) is 2.94. The maximum absolute atomic E-state index is 12.9. The molecule has 0 bridgehead atoms. The molecule has 1 heterocycles. The summed E-state index contributed by atoms with van der Waals surface area (Å²) in [6.45, 7) is 4.78. The zero-order chi connectivity index (χ0) is 20.1. The number of carbonyl (C=O) groups excluding carboxylic acids is 3. The summed E-state index contributed by atoms with van der Waals surface area (Å²) in [7, 11) is 0. The molecule has 3 rings (SSSR count). The van der Waals surface area contributed by atoms with Crippen LogP contribution in [0.15, 0.2) is 30.3 Å². The van der Waals surface area contributed by atoms with Gasteiger partial charge in [-0.2, -0.15) is 0 Å². The summed E-state index contributed by atoms with van der Waals surface area (Å²) in [4.78, 5) is 41.3. The second kappa shape index (κ2) is 8.76. The lowest BCUT2D eigenvalue weighted by atomic mass is 9.82. The second-order valence-corrected chi connectivity index (χ2v) is 8.04. The third kappa shape index (κ3) is 4.21. The van der Waals surface area contributed by atoms with Crippen molar-refractivity contribution in [1.82, 2.24) is 15.1 Å². The first-order chi connectivity index (χ1) is 13.5. The van der Waals surface area contributed by atoms with Crippen LogP contribution in [0.2, 0.25) is 0 Å². The zero-order valence-electron chi connectivity index (χ0n) is 16.9. The van der Waals surface area contributed by atoms with Gasteiger partial charge in [-0.25, -0.2) is 4.79 Å². The van der Waals surface area contributed by atoms with Gasteiger partial charge in [-0.15, -0.1) is 0 Å². The quantitative estimate of drug-likeness (QED) is 0.731. The third-order valence-corrected chi connectivity index (χ3v) is 6.14. The molecule has 2 fully saturated rings. The zero-order valence-corrected chi connectivity index (χ0v) is 16.9. The first kappa shape index (κ1) is 20.4. The molecule has 28 heavy (non-hydrogen) atoms. The van der Waals surface area contributed by atoms with Crippen LogP contribution in [0.5, 0.6) is 0 Å². The van der Waals surface area contributed by atoms with E-state index in [0.29, 0.717) is 19.4 Å². The summed E-state index contributed by atoms with van der Waals surface area (Å²) in [6, 6.07) is 9.65. The molecule has 1 saturated carbocycles. The van der Waals surface area contributed by atoms with Crippen molar-refractivity contribution in [2.24, 2.45) is 0 Å². The number of carbonyl (C=O) groups is 3. The minimum absolute atomic E-state index is 0.0246. The highest BCUT2D eigenvalue weighted by atomic mass is 16.2. The van der Waals surface area contributed by atoms with Crippen LogP contribution in [0.1, 0.15) is 64.4 Å². The molecule has 4 amide bonds. The highest BCUT2D eigenvalue weighted by Crippen LogP contribution is 2.33. The van der Waals surface area contributed by atoms with Crippen LogP contribution in [0.25, 0.3) is 0 Å². The van der Waals surface area contributed by atoms with Gasteiger partial charge in [0.15, 0.2) is 0 Å². The summed E-state index contributed by atoms with van der Waals surface area (Å²) in [5, 5.41) is 2.91. The molecule has 1 spiro atoms. The van der Waals surface area contributed by atoms with Crippen molar-refractivity contribution in [2.75, 3.05) is 6.54 Å². The predicted molar refractivity (Wildman–Crippen MR) is 107 cm³/mol. The van der Waals surface area contributed by atoms with Gasteiger partial charge in [-0.1, -0.05) is 56.5 Å². The van der Waals surface area contributed by atoms with E-state index in [4.69, 9.17) is 0 Å². The molecule has 1 saturated heterocycles. The molecule has 2 aliphatic rings. The molecule has 1 aliphatic heterocycles. The number of rotatable bonds is 7. The van der Waals surface area contributed by atoms with Gasteiger partial charge in [-0.05, 0) is 31.7 Å². The van der Waals surface area contributed by atoms with Gasteiger partial charge in [0.05, 0.1) is 0 Å². The topological polar surface area (TPSA) is 69.7 Å². The van der Waals surface area contributed by atoms with Crippen molar-refractivity contribution < 1.29 is 14.4 Å². The Bertz CT molecular complexity index is 713. The second-order valence-electron chi connectivity index (χ2n) is 8.04. The molecule has 1 unspecified atom stereocenters. The Morgan fingerprint density at radius 1 is 1.18 bits per heavy atom. The molecular formula is C22H31N3O3. The number of nitrogens with one attached hydrogen (secondary N) is 1. The van der Waals surface area contributed by atoms with Crippen LogP contribution in [-0.2, 0) is 16.1 Å². The number of hydrogen-bond acceptors (Lipinski definition) is 3. The normalized spacial score (nSPS) is 19.6. The van der Waals surface area contributed by atoms with Gasteiger partial charge in [-0.3, -0.25) is 14.5 Å². The van der Waals surface area contributed by atoms with E-state index in [1.807, 2.05) is 42.2 Å². The Balaban J connectivity index is 1.63. The Labute approximate surface area is 167 Å². The first-order valence-electron chi connectivity index (χ1n) is 10.4. The molecule has 1 aromatic carbocycles.